The van der Waals surface area contributed by atoms with E-state index >= 15 is 0 Å². The van der Waals surface area contributed by atoms with E-state index in [9.17, 15) is 4.79 Å². The second-order valence-electron chi connectivity index (χ2n) is 4.26. The van der Waals surface area contributed by atoms with Crippen molar-refractivity contribution in [3.05, 3.63) is 51.7 Å². The van der Waals surface area contributed by atoms with Gasteiger partial charge in [0.05, 0.1) is 7.11 Å². The number of pyridine rings is 1. The number of allylic oxidation sites excluding steroid dienone is 1. The number of nitrogens with zero attached hydrogens (tertiary/aromatic N) is 2. The fraction of sp³-hybridized carbons (Fsp3) is 0.267. The number of methoxy groups -OCH3 is 1. The molecule has 2 aromatic heterocycles. The second-order valence-corrected chi connectivity index (χ2v) is 5.15. The first-order valence-corrected chi connectivity index (χ1v) is 6.97. The molecule has 0 aliphatic heterocycles. The number of hydrogen-bond donors (Lipinski definition) is 0. The van der Waals surface area contributed by atoms with E-state index in [-0.39, 0.29) is 0 Å². The van der Waals surface area contributed by atoms with Gasteiger partial charge in [-0.05, 0) is 39.0 Å². The molecule has 0 bridgehead atoms. The Balaban J connectivity index is 0.000000200. The molecule has 0 aliphatic carbocycles. The number of esters is 1. The van der Waals surface area contributed by atoms with Crippen LogP contribution in [0.1, 0.15) is 35.0 Å². The summed E-state index contributed by atoms with van der Waals surface area (Å²) in [5, 5.41) is 3.17. The monoisotopic (exact) mass is 290 g/mol. The number of hydrogen-bond acceptors (Lipinski definition) is 5. The highest BCUT2D eigenvalue weighted by Gasteiger charge is 2.02. The van der Waals surface area contributed by atoms with Crippen LogP contribution in [0.25, 0.3) is 6.08 Å². The fourth-order valence-electron chi connectivity index (χ4n) is 1.27. The van der Waals surface area contributed by atoms with E-state index in [0.29, 0.717) is 5.69 Å². The lowest BCUT2D eigenvalue weighted by molar-refractivity contribution is 0.0594. The maximum Gasteiger partial charge on any atom is 0.356 e. The molecule has 0 atom stereocenters. The average molecular weight is 290 g/mol. The van der Waals surface area contributed by atoms with Crippen molar-refractivity contribution in [3.63, 3.8) is 0 Å². The van der Waals surface area contributed by atoms with E-state index in [1.165, 1.54) is 12.7 Å². The Hall–Kier alpha value is -2.01. The van der Waals surface area contributed by atoms with Gasteiger partial charge in [0.25, 0.3) is 0 Å². The Morgan fingerprint density at radius 3 is 2.55 bits per heavy atom. The van der Waals surface area contributed by atoms with Crippen molar-refractivity contribution in [2.45, 2.75) is 20.8 Å². The lowest BCUT2D eigenvalue weighted by Crippen LogP contribution is -2.02. The molecule has 4 nitrogen and oxygen atoms in total. The number of carbonyl (C=O) groups is 1. The van der Waals surface area contributed by atoms with Crippen molar-refractivity contribution < 1.29 is 9.53 Å². The van der Waals surface area contributed by atoms with Gasteiger partial charge in [-0.15, -0.1) is 11.3 Å². The summed E-state index contributed by atoms with van der Waals surface area (Å²) in [6.45, 7) is 6.17. The van der Waals surface area contributed by atoms with Crippen LogP contribution in [-0.4, -0.2) is 23.0 Å². The Morgan fingerprint density at radius 1 is 1.35 bits per heavy atom. The first-order chi connectivity index (χ1) is 9.52. The number of aryl methyl sites for hydroxylation is 1. The van der Waals surface area contributed by atoms with E-state index in [1.54, 1.807) is 35.7 Å². The average Bonchev–Trinajstić information content (AvgIpc) is 2.84. The van der Waals surface area contributed by atoms with Crippen LogP contribution in [0.2, 0.25) is 0 Å². The first-order valence-electron chi connectivity index (χ1n) is 6.09. The Kier molecular flexibility index (Phi) is 6.59. The molecule has 20 heavy (non-hydrogen) atoms. The number of aromatic nitrogens is 2. The molecule has 5 heteroatoms. The normalized spacial score (nSPS) is 9.20. The molecular weight excluding hydrogens is 272 g/mol. The van der Waals surface area contributed by atoms with Crippen LogP contribution in [0.5, 0.6) is 0 Å². The number of rotatable bonds is 2. The molecule has 0 radical (unpaired) electrons. The van der Waals surface area contributed by atoms with Gasteiger partial charge >= 0.3 is 5.97 Å². The Labute approximate surface area is 123 Å². The molecule has 106 valence electrons. The van der Waals surface area contributed by atoms with E-state index in [1.807, 2.05) is 6.92 Å². The minimum Gasteiger partial charge on any atom is -0.464 e. The number of thiazole rings is 1. The van der Waals surface area contributed by atoms with Gasteiger partial charge in [0.15, 0.2) is 0 Å². The molecule has 2 aromatic rings. The molecule has 0 unspecified atom stereocenters. The van der Waals surface area contributed by atoms with E-state index in [0.717, 1.165) is 10.7 Å². The van der Waals surface area contributed by atoms with Gasteiger partial charge in [0.2, 0.25) is 0 Å². The van der Waals surface area contributed by atoms with Crippen LogP contribution in [0.3, 0.4) is 0 Å². The van der Waals surface area contributed by atoms with Crippen molar-refractivity contribution in [2.75, 3.05) is 7.11 Å². The molecule has 2 rings (SSSR count). The van der Waals surface area contributed by atoms with Gasteiger partial charge in [-0.25, -0.2) is 14.8 Å². The van der Waals surface area contributed by atoms with E-state index in [2.05, 4.69) is 40.0 Å². The first kappa shape index (κ1) is 16.0. The zero-order valence-corrected chi connectivity index (χ0v) is 12.9. The van der Waals surface area contributed by atoms with Gasteiger partial charge in [-0.2, -0.15) is 0 Å². The summed E-state index contributed by atoms with van der Waals surface area (Å²) in [5.74, 6) is -0.402. The minimum atomic E-state index is -0.402. The maximum atomic E-state index is 10.7. The predicted molar refractivity (Wildman–Crippen MR) is 81.8 cm³/mol. The molecule has 0 fully saturated rings. The zero-order chi connectivity index (χ0) is 15.0. The van der Waals surface area contributed by atoms with E-state index in [4.69, 9.17) is 0 Å². The summed E-state index contributed by atoms with van der Waals surface area (Å²) in [7, 11) is 1.33. The SMILES string of the molecule is CC(C)=Cc1nc(C)cs1.COC(=O)c1ccccn1. The third kappa shape index (κ3) is 5.75. The molecule has 0 spiro atoms. The van der Waals surface area contributed by atoms with Crippen molar-refractivity contribution in [1.82, 2.24) is 9.97 Å². The van der Waals surface area contributed by atoms with Gasteiger partial charge in [0, 0.05) is 17.3 Å². The van der Waals surface area contributed by atoms with Crippen molar-refractivity contribution in [2.24, 2.45) is 0 Å². The highest BCUT2D eigenvalue weighted by Crippen LogP contribution is 2.11. The predicted octanol–water partition coefficient (Wildman–Crippen LogP) is 3.74. The summed E-state index contributed by atoms with van der Waals surface area (Å²) in [6.07, 6.45) is 3.64. The molecular formula is C15H18N2O2S. The molecule has 0 amide bonds. The summed E-state index contributed by atoms with van der Waals surface area (Å²) in [6, 6.07) is 5.08. The second kappa shape index (κ2) is 8.22. The molecule has 0 saturated heterocycles. The molecule has 0 N–H and O–H groups in total. The highest BCUT2D eigenvalue weighted by molar-refractivity contribution is 7.10. The summed E-state index contributed by atoms with van der Waals surface area (Å²) >= 11 is 1.69. The number of ether oxygens (including phenoxy) is 1. The molecule has 0 aliphatic rings. The molecule has 2 heterocycles. The minimum absolute atomic E-state index is 0.338. The smallest absolute Gasteiger partial charge is 0.356 e. The van der Waals surface area contributed by atoms with Gasteiger partial charge in [0.1, 0.15) is 10.7 Å². The maximum absolute atomic E-state index is 10.7. The molecule has 0 saturated carbocycles. The molecule has 0 aromatic carbocycles. The summed E-state index contributed by atoms with van der Waals surface area (Å²) in [5.41, 5.74) is 2.75. The van der Waals surface area contributed by atoms with Crippen LogP contribution < -0.4 is 0 Å². The Bertz CT molecular complexity index is 573. The van der Waals surface area contributed by atoms with Crippen LogP contribution in [0.4, 0.5) is 0 Å². The zero-order valence-electron chi connectivity index (χ0n) is 12.1. The third-order valence-electron chi connectivity index (χ3n) is 2.11. The van der Waals surface area contributed by atoms with Crippen LogP contribution in [-0.2, 0) is 4.74 Å². The van der Waals surface area contributed by atoms with Crippen LogP contribution in [0, 0.1) is 6.92 Å². The lowest BCUT2D eigenvalue weighted by atomic mass is 10.3. The van der Waals surface area contributed by atoms with Gasteiger partial charge < -0.3 is 4.74 Å². The summed E-state index contributed by atoms with van der Waals surface area (Å²) in [4.78, 5) is 18.8. The lowest BCUT2D eigenvalue weighted by Gasteiger charge is -1.94. The Morgan fingerprint density at radius 2 is 2.10 bits per heavy atom. The van der Waals surface area contributed by atoms with E-state index < -0.39 is 5.97 Å². The third-order valence-corrected chi connectivity index (χ3v) is 3.02. The van der Waals surface area contributed by atoms with Crippen molar-refractivity contribution >= 4 is 23.4 Å². The van der Waals surface area contributed by atoms with Crippen LogP contribution in [0.15, 0.2) is 35.3 Å². The highest BCUT2D eigenvalue weighted by atomic mass is 32.1. The van der Waals surface area contributed by atoms with Gasteiger partial charge in [-0.3, -0.25) is 0 Å². The van der Waals surface area contributed by atoms with Crippen molar-refractivity contribution in [1.29, 1.82) is 0 Å². The standard InChI is InChI=1S/C8H11NS.C7H7NO2/c1-6(2)4-8-9-7(3)5-10-8;1-10-7(9)6-4-2-3-5-8-6/h4-5H,1-3H3;2-5H,1H3. The fourth-order valence-corrected chi connectivity index (χ4v) is 2.12. The quantitative estimate of drug-likeness (QED) is 0.791. The van der Waals surface area contributed by atoms with Gasteiger partial charge in [-0.1, -0.05) is 11.6 Å². The van der Waals surface area contributed by atoms with Crippen molar-refractivity contribution in [3.8, 4) is 0 Å². The topological polar surface area (TPSA) is 52.1 Å². The largest absolute Gasteiger partial charge is 0.464 e. The van der Waals surface area contributed by atoms with Crippen LogP contribution >= 0.6 is 11.3 Å². The summed E-state index contributed by atoms with van der Waals surface area (Å²) < 4.78 is 4.43. The number of carbonyl (C=O) groups excluding carboxylic acids is 1.